The van der Waals surface area contributed by atoms with Crippen LogP contribution in [0.1, 0.15) is 29.0 Å². The minimum absolute atomic E-state index is 0.504. The monoisotopic (exact) mass is 472 g/mol. The molecule has 0 heterocycles. The summed E-state index contributed by atoms with van der Waals surface area (Å²) in [6.45, 7) is 2.05. The molecule has 27 heavy (non-hydrogen) atoms. The van der Waals surface area contributed by atoms with Gasteiger partial charge in [-0.25, -0.2) is 0 Å². The largest absolute Gasteiger partial charge is 0.489 e. The van der Waals surface area contributed by atoms with Gasteiger partial charge in [-0.3, -0.25) is 0 Å². The maximum atomic E-state index is 5.88. The zero-order valence-corrected chi connectivity index (χ0v) is 17.5. The minimum Gasteiger partial charge on any atom is -0.489 e. The van der Waals surface area contributed by atoms with E-state index >= 15 is 0 Å². The second kappa shape index (κ2) is 11.1. The van der Waals surface area contributed by atoms with E-state index in [-0.39, 0.29) is 0 Å². The third kappa shape index (κ3) is 6.67. The van der Waals surface area contributed by atoms with Gasteiger partial charge in [-0.1, -0.05) is 95.4 Å². The molecule has 2 nitrogen and oxygen atoms in total. The Kier molecular flexibility index (Phi) is 8.18. The molecule has 0 radical (unpaired) electrons. The molecule has 0 N–H and O–H groups in total. The molecule has 140 valence electrons. The van der Waals surface area contributed by atoms with Crippen molar-refractivity contribution in [3.63, 3.8) is 0 Å². The van der Waals surface area contributed by atoms with Gasteiger partial charge in [-0.05, 0) is 41.2 Å². The highest BCUT2D eigenvalue weighted by Crippen LogP contribution is 2.25. The van der Waals surface area contributed by atoms with Crippen molar-refractivity contribution in [2.24, 2.45) is 0 Å². The SMILES string of the molecule is IC[C@H](CCOCc1ccccc1)c1ccc(OCc2ccccc2)cc1. The summed E-state index contributed by atoms with van der Waals surface area (Å²) in [5.74, 6) is 1.42. The summed E-state index contributed by atoms with van der Waals surface area (Å²) in [6, 6.07) is 29.1. The lowest BCUT2D eigenvalue weighted by Gasteiger charge is -2.15. The first-order chi connectivity index (χ1) is 13.3. The fourth-order valence-electron chi connectivity index (χ4n) is 2.90. The van der Waals surface area contributed by atoms with Crippen LogP contribution < -0.4 is 4.74 Å². The topological polar surface area (TPSA) is 18.5 Å². The van der Waals surface area contributed by atoms with E-state index in [4.69, 9.17) is 9.47 Å². The molecule has 0 amide bonds. The van der Waals surface area contributed by atoms with Crippen molar-refractivity contribution in [1.82, 2.24) is 0 Å². The van der Waals surface area contributed by atoms with Crippen molar-refractivity contribution in [2.75, 3.05) is 11.0 Å². The van der Waals surface area contributed by atoms with Crippen molar-refractivity contribution < 1.29 is 9.47 Å². The number of ether oxygens (including phenoxy) is 2. The summed E-state index contributed by atoms with van der Waals surface area (Å²) >= 11 is 2.46. The van der Waals surface area contributed by atoms with Crippen LogP contribution in [0.2, 0.25) is 0 Å². The fraction of sp³-hybridized carbons (Fsp3) is 0.250. The molecule has 0 aliphatic heterocycles. The third-order valence-electron chi connectivity index (χ3n) is 4.51. The number of rotatable bonds is 10. The molecule has 0 aliphatic rings. The van der Waals surface area contributed by atoms with E-state index in [0.29, 0.717) is 19.1 Å². The normalized spacial score (nSPS) is 11.9. The Hall–Kier alpha value is -1.85. The van der Waals surface area contributed by atoms with Crippen molar-refractivity contribution in [3.8, 4) is 5.75 Å². The predicted octanol–water partition coefficient (Wildman–Crippen LogP) is 6.39. The van der Waals surface area contributed by atoms with Gasteiger partial charge in [-0.2, -0.15) is 0 Å². The highest BCUT2D eigenvalue weighted by molar-refractivity contribution is 14.1. The Bertz CT molecular complexity index is 772. The smallest absolute Gasteiger partial charge is 0.119 e. The van der Waals surface area contributed by atoms with E-state index in [1.165, 1.54) is 16.7 Å². The molecule has 0 saturated carbocycles. The molecule has 0 bridgehead atoms. The average molecular weight is 472 g/mol. The van der Waals surface area contributed by atoms with Gasteiger partial charge in [0.2, 0.25) is 0 Å². The van der Waals surface area contributed by atoms with Crippen LogP contribution in [0.25, 0.3) is 0 Å². The van der Waals surface area contributed by atoms with E-state index in [1.807, 2.05) is 36.4 Å². The summed E-state index contributed by atoms with van der Waals surface area (Å²) in [5, 5.41) is 0. The molecule has 3 rings (SSSR count). The van der Waals surface area contributed by atoms with Gasteiger partial charge >= 0.3 is 0 Å². The van der Waals surface area contributed by atoms with Gasteiger partial charge in [0.05, 0.1) is 6.61 Å². The number of alkyl halides is 1. The minimum atomic E-state index is 0.504. The molecule has 3 heteroatoms. The average Bonchev–Trinajstić information content (AvgIpc) is 2.74. The van der Waals surface area contributed by atoms with Gasteiger partial charge in [0.25, 0.3) is 0 Å². The summed E-state index contributed by atoms with van der Waals surface area (Å²) < 4.78 is 12.8. The van der Waals surface area contributed by atoms with Crippen molar-refractivity contribution >= 4 is 22.6 Å². The molecule has 0 aromatic heterocycles. The number of hydrogen-bond acceptors (Lipinski definition) is 2. The van der Waals surface area contributed by atoms with Crippen LogP contribution >= 0.6 is 22.6 Å². The Balaban J connectivity index is 1.45. The lowest BCUT2D eigenvalue weighted by atomic mass is 9.98. The van der Waals surface area contributed by atoms with Crippen LogP contribution in [-0.2, 0) is 18.0 Å². The lowest BCUT2D eigenvalue weighted by molar-refractivity contribution is 0.115. The molecular formula is C24H25IO2. The van der Waals surface area contributed by atoms with E-state index in [0.717, 1.165) is 23.2 Å². The second-order valence-electron chi connectivity index (χ2n) is 6.52. The van der Waals surface area contributed by atoms with Crippen molar-refractivity contribution in [3.05, 3.63) is 102 Å². The maximum absolute atomic E-state index is 5.88. The Morgan fingerprint density at radius 3 is 1.89 bits per heavy atom. The van der Waals surface area contributed by atoms with Crippen LogP contribution in [0.3, 0.4) is 0 Å². The number of benzene rings is 3. The highest BCUT2D eigenvalue weighted by atomic mass is 127. The Morgan fingerprint density at radius 1 is 0.704 bits per heavy atom. The molecule has 0 saturated heterocycles. The first kappa shape index (κ1) is 19.9. The maximum Gasteiger partial charge on any atom is 0.119 e. The van der Waals surface area contributed by atoms with E-state index in [9.17, 15) is 0 Å². The van der Waals surface area contributed by atoms with E-state index in [1.54, 1.807) is 0 Å². The summed E-state index contributed by atoms with van der Waals surface area (Å²) in [4.78, 5) is 0. The Morgan fingerprint density at radius 2 is 1.30 bits per heavy atom. The molecule has 0 fully saturated rings. The molecule has 3 aromatic carbocycles. The Labute approximate surface area is 175 Å². The molecule has 1 atom stereocenters. The van der Waals surface area contributed by atoms with Crippen molar-refractivity contribution in [2.45, 2.75) is 25.6 Å². The first-order valence-corrected chi connectivity index (χ1v) is 10.8. The number of halogens is 1. The number of hydrogen-bond donors (Lipinski definition) is 0. The van der Waals surface area contributed by atoms with Gasteiger partial charge in [0.1, 0.15) is 12.4 Å². The van der Waals surface area contributed by atoms with Crippen LogP contribution in [0.15, 0.2) is 84.9 Å². The lowest BCUT2D eigenvalue weighted by Crippen LogP contribution is -2.06. The van der Waals surface area contributed by atoms with Crippen LogP contribution in [-0.4, -0.2) is 11.0 Å². The molecule has 0 unspecified atom stereocenters. The van der Waals surface area contributed by atoms with Gasteiger partial charge in [0.15, 0.2) is 0 Å². The molecular weight excluding hydrogens is 447 g/mol. The van der Waals surface area contributed by atoms with Crippen LogP contribution in [0.4, 0.5) is 0 Å². The summed E-state index contributed by atoms with van der Waals surface area (Å²) in [5.41, 5.74) is 3.76. The second-order valence-corrected chi connectivity index (χ2v) is 7.40. The predicted molar refractivity (Wildman–Crippen MR) is 120 cm³/mol. The highest BCUT2D eigenvalue weighted by Gasteiger charge is 2.10. The van der Waals surface area contributed by atoms with Crippen LogP contribution in [0, 0.1) is 0 Å². The van der Waals surface area contributed by atoms with E-state index < -0.39 is 0 Å². The third-order valence-corrected chi connectivity index (χ3v) is 5.57. The van der Waals surface area contributed by atoms with Crippen molar-refractivity contribution in [1.29, 1.82) is 0 Å². The zero-order valence-electron chi connectivity index (χ0n) is 15.4. The quantitative estimate of drug-likeness (QED) is 0.193. The summed E-state index contributed by atoms with van der Waals surface area (Å²) in [6.07, 6.45) is 1.03. The van der Waals surface area contributed by atoms with Gasteiger partial charge < -0.3 is 9.47 Å². The summed E-state index contributed by atoms with van der Waals surface area (Å²) in [7, 11) is 0. The van der Waals surface area contributed by atoms with Gasteiger partial charge in [-0.15, -0.1) is 0 Å². The standard InChI is InChI=1S/C24H25IO2/c25-17-23(15-16-26-18-20-7-3-1-4-8-20)22-11-13-24(14-12-22)27-19-21-9-5-2-6-10-21/h1-14,23H,15-19H2/t23-/m0/s1. The fourth-order valence-corrected chi connectivity index (χ4v) is 3.85. The molecule has 0 aliphatic carbocycles. The molecule has 3 aromatic rings. The molecule has 0 spiro atoms. The first-order valence-electron chi connectivity index (χ1n) is 9.29. The zero-order chi connectivity index (χ0) is 18.7. The van der Waals surface area contributed by atoms with E-state index in [2.05, 4.69) is 71.1 Å². The van der Waals surface area contributed by atoms with Gasteiger partial charge in [0, 0.05) is 11.0 Å². The van der Waals surface area contributed by atoms with Crippen LogP contribution in [0.5, 0.6) is 5.75 Å².